The zero-order chi connectivity index (χ0) is 11.5. The van der Waals surface area contributed by atoms with Gasteiger partial charge in [0.1, 0.15) is 5.82 Å². The van der Waals surface area contributed by atoms with E-state index in [0.717, 1.165) is 3.57 Å². The zero-order valence-corrected chi connectivity index (χ0v) is 10.8. The molecule has 0 spiro atoms. The molecule has 1 N–H and O–H groups in total. The van der Waals surface area contributed by atoms with E-state index in [0.29, 0.717) is 16.7 Å². The van der Waals surface area contributed by atoms with Crippen molar-refractivity contribution in [2.45, 2.75) is 0 Å². The molecule has 1 heterocycles. The van der Waals surface area contributed by atoms with Gasteiger partial charge in [-0.1, -0.05) is 11.6 Å². The second-order valence-corrected chi connectivity index (χ2v) is 4.63. The fraction of sp³-hybridized carbons (Fsp3) is 0. The minimum absolute atomic E-state index is 0.294. The van der Waals surface area contributed by atoms with Crippen LogP contribution in [-0.2, 0) is 0 Å². The summed E-state index contributed by atoms with van der Waals surface area (Å²) in [6.07, 6.45) is 3.35. The third-order valence-corrected chi connectivity index (χ3v) is 2.67. The van der Waals surface area contributed by atoms with Crippen molar-refractivity contribution in [3.05, 3.63) is 45.0 Å². The molecule has 0 radical (unpaired) electrons. The first-order chi connectivity index (χ1) is 7.65. The van der Waals surface area contributed by atoms with E-state index in [2.05, 4.69) is 37.9 Å². The van der Waals surface area contributed by atoms with Crippen LogP contribution in [0.25, 0.3) is 0 Å². The van der Waals surface area contributed by atoms with Crippen LogP contribution in [0, 0.1) is 9.39 Å². The Balaban J connectivity index is 2.23. The molecule has 0 aliphatic carbocycles. The third-order valence-electron chi connectivity index (χ3n) is 1.80. The monoisotopic (exact) mass is 349 g/mol. The van der Waals surface area contributed by atoms with E-state index in [9.17, 15) is 4.39 Å². The summed E-state index contributed by atoms with van der Waals surface area (Å²) in [6.45, 7) is 0. The summed E-state index contributed by atoms with van der Waals surface area (Å²) < 4.78 is 13.7. The van der Waals surface area contributed by atoms with Crippen molar-refractivity contribution in [1.82, 2.24) is 9.97 Å². The fourth-order valence-electron chi connectivity index (χ4n) is 1.09. The largest absolute Gasteiger partial charge is 0.323 e. The Hall–Kier alpha value is -0.950. The quantitative estimate of drug-likeness (QED) is 0.842. The molecule has 0 fully saturated rings. The van der Waals surface area contributed by atoms with Crippen molar-refractivity contribution in [3.8, 4) is 0 Å². The van der Waals surface area contributed by atoms with E-state index in [4.69, 9.17) is 11.6 Å². The molecule has 0 aliphatic rings. The number of benzene rings is 1. The van der Waals surface area contributed by atoms with Crippen LogP contribution in [0.15, 0.2) is 30.6 Å². The molecule has 2 aromatic rings. The molecule has 16 heavy (non-hydrogen) atoms. The SMILES string of the molecule is Fc1ccc(Nc2ncc(I)cn2)c(Cl)c1. The van der Waals surface area contributed by atoms with E-state index in [1.165, 1.54) is 12.1 Å². The highest BCUT2D eigenvalue weighted by Gasteiger charge is 2.03. The standard InChI is InChI=1S/C10H6ClFIN3/c11-8-3-6(12)1-2-9(8)16-10-14-4-7(13)5-15-10/h1-5H,(H,14,15,16). The molecule has 0 unspecified atom stereocenters. The number of rotatable bonds is 2. The van der Waals surface area contributed by atoms with Crippen molar-refractivity contribution in [3.63, 3.8) is 0 Å². The summed E-state index contributed by atoms with van der Waals surface area (Å²) in [5, 5.41) is 3.20. The smallest absolute Gasteiger partial charge is 0.227 e. The molecule has 0 aliphatic heterocycles. The van der Waals surface area contributed by atoms with Gasteiger partial charge in [0, 0.05) is 16.0 Å². The van der Waals surface area contributed by atoms with Gasteiger partial charge >= 0.3 is 0 Å². The van der Waals surface area contributed by atoms with Gasteiger partial charge in [0.2, 0.25) is 5.95 Å². The average molecular weight is 350 g/mol. The zero-order valence-electron chi connectivity index (χ0n) is 7.92. The van der Waals surface area contributed by atoms with E-state index < -0.39 is 0 Å². The van der Waals surface area contributed by atoms with E-state index >= 15 is 0 Å². The Labute approximate surface area is 110 Å². The van der Waals surface area contributed by atoms with Crippen LogP contribution in [0.3, 0.4) is 0 Å². The number of halogens is 3. The summed E-state index contributed by atoms with van der Waals surface area (Å²) in [4.78, 5) is 8.11. The molecule has 6 heteroatoms. The van der Waals surface area contributed by atoms with Crippen molar-refractivity contribution >= 4 is 45.8 Å². The molecule has 0 saturated heterocycles. The molecule has 0 amide bonds. The minimum atomic E-state index is -0.376. The number of nitrogens with one attached hydrogen (secondary N) is 1. The summed E-state index contributed by atoms with van der Waals surface area (Å²) in [5.41, 5.74) is 0.573. The Morgan fingerprint density at radius 1 is 1.25 bits per heavy atom. The molecule has 0 saturated carbocycles. The van der Waals surface area contributed by atoms with Crippen molar-refractivity contribution in [2.24, 2.45) is 0 Å². The maximum Gasteiger partial charge on any atom is 0.227 e. The van der Waals surface area contributed by atoms with E-state index in [1.807, 2.05) is 0 Å². The summed E-state index contributed by atoms with van der Waals surface area (Å²) in [5.74, 6) is 0.0491. The van der Waals surface area contributed by atoms with Gasteiger partial charge < -0.3 is 5.32 Å². The van der Waals surface area contributed by atoms with Gasteiger partial charge in [0.25, 0.3) is 0 Å². The van der Waals surface area contributed by atoms with Crippen molar-refractivity contribution in [2.75, 3.05) is 5.32 Å². The lowest BCUT2D eigenvalue weighted by Crippen LogP contribution is -1.97. The van der Waals surface area contributed by atoms with Gasteiger partial charge in [0.05, 0.1) is 10.7 Å². The van der Waals surface area contributed by atoms with Crippen LogP contribution in [0.1, 0.15) is 0 Å². The number of anilines is 2. The highest BCUT2D eigenvalue weighted by molar-refractivity contribution is 14.1. The van der Waals surface area contributed by atoms with Gasteiger partial charge in [0.15, 0.2) is 0 Å². The van der Waals surface area contributed by atoms with Crippen LogP contribution in [0.4, 0.5) is 16.0 Å². The van der Waals surface area contributed by atoms with Crippen LogP contribution in [0.5, 0.6) is 0 Å². The Morgan fingerprint density at radius 3 is 2.56 bits per heavy atom. The van der Waals surface area contributed by atoms with E-state index in [-0.39, 0.29) is 5.82 Å². The first-order valence-corrected chi connectivity index (χ1v) is 5.80. The number of aromatic nitrogens is 2. The van der Waals surface area contributed by atoms with Gasteiger partial charge in [-0.05, 0) is 40.8 Å². The predicted octanol–water partition coefficient (Wildman–Crippen LogP) is 3.62. The van der Waals surface area contributed by atoms with Gasteiger partial charge in [-0.25, -0.2) is 14.4 Å². The second-order valence-electron chi connectivity index (χ2n) is 2.97. The summed E-state index contributed by atoms with van der Waals surface area (Å²) in [7, 11) is 0. The molecule has 82 valence electrons. The highest BCUT2D eigenvalue weighted by atomic mass is 127. The number of hydrogen-bond acceptors (Lipinski definition) is 3. The molecule has 1 aromatic heterocycles. The van der Waals surface area contributed by atoms with Crippen molar-refractivity contribution in [1.29, 1.82) is 0 Å². The fourth-order valence-corrected chi connectivity index (χ4v) is 1.58. The molecule has 0 atom stereocenters. The van der Waals surface area contributed by atoms with Gasteiger partial charge in [-0.15, -0.1) is 0 Å². The Bertz CT molecular complexity index is 504. The molecule has 2 rings (SSSR count). The number of hydrogen-bond donors (Lipinski definition) is 1. The maximum absolute atomic E-state index is 12.8. The normalized spacial score (nSPS) is 10.2. The minimum Gasteiger partial charge on any atom is -0.323 e. The van der Waals surface area contributed by atoms with Gasteiger partial charge in [-0.3, -0.25) is 0 Å². The molecule has 1 aromatic carbocycles. The molecular weight excluding hydrogens is 343 g/mol. The first kappa shape index (κ1) is 11.5. The lowest BCUT2D eigenvalue weighted by atomic mass is 10.3. The van der Waals surface area contributed by atoms with Crippen LogP contribution in [0.2, 0.25) is 5.02 Å². The molecule has 0 bridgehead atoms. The predicted molar refractivity (Wildman–Crippen MR) is 69.4 cm³/mol. The topological polar surface area (TPSA) is 37.8 Å². The van der Waals surface area contributed by atoms with Crippen LogP contribution in [-0.4, -0.2) is 9.97 Å². The summed E-state index contributed by atoms with van der Waals surface area (Å²) >= 11 is 7.96. The highest BCUT2D eigenvalue weighted by Crippen LogP contribution is 2.24. The molecule has 3 nitrogen and oxygen atoms in total. The Morgan fingerprint density at radius 2 is 1.94 bits per heavy atom. The van der Waals surface area contributed by atoms with Crippen LogP contribution >= 0.6 is 34.2 Å². The Kier molecular flexibility index (Phi) is 3.55. The van der Waals surface area contributed by atoms with Crippen molar-refractivity contribution < 1.29 is 4.39 Å². The second kappa shape index (κ2) is 4.92. The summed E-state index contributed by atoms with van der Waals surface area (Å²) in [6, 6.07) is 4.09. The molecular formula is C10H6ClFIN3. The van der Waals surface area contributed by atoms with E-state index in [1.54, 1.807) is 18.5 Å². The lowest BCUT2D eigenvalue weighted by Gasteiger charge is -2.06. The average Bonchev–Trinajstić information content (AvgIpc) is 2.25. The number of nitrogens with zero attached hydrogens (tertiary/aromatic N) is 2. The first-order valence-electron chi connectivity index (χ1n) is 4.35. The van der Waals surface area contributed by atoms with Crippen LogP contribution < -0.4 is 5.32 Å². The lowest BCUT2D eigenvalue weighted by molar-refractivity contribution is 0.628. The maximum atomic E-state index is 12.8. The third kappa shape index (κ3) is 2.79. The van der Waals surface area contributed by atoms with Gasteiger partial charge in [-0.2, -0.15) is 0 Å².